The Hall–Kier alpha value is -1.72. The molecule has 1 N–H and O–H groups in total. The van der Waals surface area contributed by atoms with Gasteiger partial charge in [0.25, 0.3) is 0 Å². The molecule has 0 bridgehead atoms. The first-order valence-electron chi connectivity index (χ1n) is 8.46. The molecule has 0 atom stereocenters. The molecule has 1 fully saturated rings. The second kappa shape index (κ2) is 8.94. The lowest BCUT2D eigenvalue weighted by molar-refractivity contribution is 0.210. The third kappa shape index (κ3) is 4.89. The number of ether oxygens (including phenoxy) is 3. The van der Waals surface area contributed by atoms with Gasteiger partial charge in [-0.15, -0.1) is 0 Å². The number of piperidine rings is 1. The Morgan fingerprint density at radius 2 is 1.67 bits per heavy atom. The first-order valence-corrected chi connectivity index (χ1v) is 8.46. The molecule has 24 heavy (non-hydrogen) atoms. The quantitative estimate of drug-likeness (QED) is 0.741. The van der Waals surface area contributed by atoms with E-state index in [0.717, 1.165) is 56.1 Å². The van der Waals surface area contributed by atoms with Crippen LogP contribution in [-0.2, 0) is 6.54 Å². The molecule has 1 aromatic rings. The molecule has 1 aromatic carbocycles. The minimum Gasteiger partial charge on any atom is -0.496 e. The van der Waals surface area contributed by atoms with E-state index in [0.29, 0.717) is 11.8 Å². The Morgan fingerprint density at radius 3 is 2.21 bits per heavy atom. The van der Waals surface area contributed by atoms with Crippen molar-refractivity contribution >= 4 is 0 Å². The van der Waals surface area contributed by atoms with Gasteiger partial charge >= 0.3 is 0 Å². The normalized spacial score (nSPS) is 16.0. The summed E-state index contributed by atoms with van der Waals surface area (Å²) in [6, 6.07) is 4.40. The van der Waals surface area contributed by atoms with Crippen molar-refractivity contribution in [1.29, 1.82) is 0 Å². The van der Waals surface area contributed by atoms with E-state index in [1.54, 1.807) is 21.3 Å². The number of hydrogen-bond acceptors (Lipinski definition) is 5. The van der Waals surface area contributed by atoms with Crippen molar-refractivity contribution in [2.24, 2.45) is 0 Å². The molecule has 134 valence electrons. The number of likely N-dealkylation sites (tertiary alicyclic amines) is 1. The van der Waals surface area contributed by atoms with E-state index in [9.17, 15) is 0 Å². The second-order valence-electron chi connectivity index (χ2n) is 6.41. The number of methoxy groups -OCH3 is 3. The Kier molecular flexibility index (Phi) is 6.94. The molecule has 0 aromatic heterocycles. The first-order chi connectivity index (χ1) is 11.6. The van der Waals surface area contributed by atoms with Crippen LogP contribution in [0.5, 0.6) is 17.2 Å². The lowest BCUT2D eigenvalue weighted by Crippen LogP contribution is -2.42. The van der Waals surface area contributed by atoms with Gasteiger partial charge in [0, 0.05) is 30.8 Å². The van der Waals surface area contributed by atoms with Gasteiger partial charge in [0.15, 0.2) is 11.5 Å². The molecule has 0 amide bonds. The highest BCUT2D eigenvalue weighted by atomic mass is 16.5. The predicted octanol–water partition coefficient (Wildman–Crippen LogP) is 2.84. The van der Waals surface area contributed by atoms with Crippen LogP contribution in [-0.4, -0.2) is 51.9 Å². The van der Waals surface area contributed by atoms with Crippen LogP contribution in [0.25, 0.3) is 0 Å². The maximum absolute atomic E-state index is 5.49. The van der Waals surface area contributed by atoms with Crippen molar-refractivity contribution in [3.63, 3.8) is 0 Å². The zero-order chi connectivity index (χ0) is 17.5. The largest absolute Gasteiger partial charge is 0.496 e. The molecule has 5 heteroatoms. The Balaban J connectivity index is 1.93. The molecule has 1 heterocycles. The van der Waals surface area contributed by atoms with Crippen LogP contribution < -0.4 is 19.5 Å². The minimum absolute atomic E-state index is 0.532. The maximum atomic E-state index is 5.49. The molecule has 0 radical (unpaired) electrons. The molecule has 1 saturated heterocycles. The smallest absolute Gasteiger partial charge is 0.164 e. The van der Waals surface area contributed by atoms with E-state index in [1.807, 2.05) is 12.1 Å². The average molecular weight is 334 g/mol. The van der Waals surface area contributed by atoms with Gasteiger partial charge in [-0.1, -0.05) is 12.2 Å². The lowest BCUT2D eigenvalue weighted by atomic mass is 10.0. The molecular weight excluding hydrogens is 304 g/mol. The summed E-state index contributed by atoms with van der Waals surface area (Å²) < 4.78 is 16.2. The Bertz CT molecular complexity index is 552. The maximum Gasteiger partial charge on any atom is 0.164 e. The van der Waals surface area contributed by atoms with Crippen LogP contribution in [0.4, 0.5) is 0 Å². The van der Waals surface area contributed by atoms with E-state index >= 15 is 0 Å². The van der Waals surface area contributed by atoms with E-state index in [1.165, 1.54) is 5.57 Å². The topological polar surface area (TPSA) is 43.0 Å². The number of hydrogen-bond donors (Lipinski definition) is 1. The number of benzene rings is 1. The molecule has 0 aliphatic carbocycles. The highest BCUT2D eigenvalue weighted by Crippen LogP contribution is 2.34. The molecule has 1 aliphatic heterocycles. The lowest BCUT2D eigenvalue weighted by Gasteiger charge is -2.32. The van der Waals surface area contributed by atoms with Crippen molar-refractivity contribution in [2.75, 3.05) is 41.0 Å². The number of nitrogens with one attached hydrogen (secondary N) is 1. The number of nitrogens with zero attached hydrogens (tertiary/aromatic N) is 1. The summed E-state index contributed by atoms with van der Waals surface area (Å²) in [6.45, 7) is 10.1. The van der Waals surface area contributed by atoms with Crippen molar-refractivity contribution in [3.05, 3.63) is 29.8 Å². The van der Waals surface area contributed by atoms with Gasteiger partial charge in [0.2, 0.25) is 0 Å². The standard InChI is InChI=1S/C19H30N2O3/c1-14(2)13-21-8-6-16(7-9-21)20-12-15-10-18(23-4)19(24-5)11-17(15)22-3/h10-11,16,20H,1,6-9,12-13H2,2-5H3. The summed E-state index contributed by atoms with van der Waals surface area (Å²) >= 11 is 0. The summed E-state index contributed by atoms with van der Waals surface area (Å²) in [5, 5.41) is 3.65. The zero-order valence-corrected chi connectivity index (χ0v) is 15.4. The van der Waals surface area contributed by atoms with Crippen LogP contribution in [0.15, 0.2) is 24.3 Å². The van der Waals surface area contributed by atoms with Gasteiger partial charge in [0.05, 0.1) is 21.3 Å². The van der Waals surface area contributed by atoms with Crippen molar-refractivity contribution in [3.8, 4) is 17.2 Å². The molecular formula is C19H30N2O3. The monoisotopic (exact) mass is 334 g/mol. The summed E-state index contributed by atoms with van der Waals surface area (Å²) in [6.07, 6.45) is 2.31. The molecule has 2 rings (SSSR count). The molecule has 0 unspecified atom stereocenters. The molecule has 0 spiro atoms. The van der Waals surface area contributed by atoms with Gasteiger partial charge in [-0.25, -0.2) is 0 Å². The molecule has 1 aliphatic rings. The van der Waals surface area contributed by atoms with Crippen LogP contribution in [0.3, 0.4) is 0 Å². The fourth-order valence-corrected chi connectivity index (χ4v) is 3.16. The van der Waals surface area contributed by atoms with Crippen LogP contribution in [0.1, 0.15) is 25.3 Å². The van der Waals surface area contributed by atoms with E-state index in [2.05, 4.69) is 23.7 Å². The Morgan fingerprint density at radius 1 is 1.08 bits per heavy atom. The van der Waals surface area contributed by atoms with Crippen molar-refractivity contribution in [1.82, 2.24) is 10.2 Å². The van der Waals surface area contributed by atoms with Gasteiger partial charge in [0.1, 0.15) is 5.75 Å². The predicted molar refractivity (Wildman–Crippen MR) is 97.2 cm³/mol. The highest BCUT2D eigenvalue weighted by molar-refractivity contribution is 5.50. The summed E-state index contributed by atoms with van der Waals surface area (Å²) in [7, 11) is 4.97. The van der Waals surface area contributed by atoms with Gasteiger partial charge in [-0.3, -0.25) is 4.90 Å². The molecule has 5 nitrogen and oxygen atoms in total. The van der Waals surface area contributed by atoms with Crippen LogP contribution >= 0.6 is 0 Å². The van der Waals surface area contributed by atoms with E-state index < -0.39 is 0 Å². The van der Waals surface area contributed by atoms with Crippen LogP contribution in [0.2, 0.25) is 0 Å². The summed E-state index contributed by atoms with van der Waals surface area (Å²) in [5.41, 5.74) is 2.32. The Labute approximate surface area is 145 Å². The van der Waals surface area contributed by atoms with Gasteiger partial charge < -0.3 is 19.5 Å². The van der Waals surface area contributed by atoms with Crippen LogP contribution in [0, 0.1) is 0 Å². The second-order valence-corrected chi connectivity index (χ2v) is 6.41. The average Bonchev–Trinajstić information content (AvgIpc) is 2.59. The first kappa shape index (κ1) is 18.6. The van der Waals surface area contributed by atoms with Crippen molar-refractivity contribution in [2.45, 2.75) is 32.4 Å². The molecule has 0 saturated carbocycles. The van der Waals surface area contributed by atoms with Crippen molar-refractivity contribution < 1.29 is 14.2 Å². The fraction of sp³-hybridized carbons (Fsp3) is 0.579. The third-order valence-corrected chi connectivity index (χ3v) is 4.45. The SMILES string of the molecule is C=C(C)CN1CCC(NCc2cc(OC)c(OC)cc2OC)CC1. The van der Waals surface area contributed by atoms with Gasteiger partial charge in [-0.2, -0.15) is 0 Å². The summed E-state index contributed by atoms with van der Waals surface area (Å²) in [5.74, 6) is 2.23. The fourth-order valence-electron chi connectivity index (χ4n) is 3.16. The highest BCUT2D eigenvalue weighted by Gasteiger charge is 2.19. The van der Waals surface area contributed by atoms with E-state index in [-0.39, 0.29) is 0 Å². The van der Waals surface area contributed by atoms with E-state index in [4.69, 9.17) is 14.2 Å². The third-order valence-electron chi connectivity index (χ3n) is 4.45. The van der Waals surface area contributed by atoms with Gasteiger partial charge in [-0.05, 0) is 38.9 Å². The number of rotatable bonds is 8. The summed E-state index contributed by atoms with van der Waals surface area (Å²) in [4.78, 5) is 2.47. The minimum atomic E-state index is 0.532. The zero-order valence-electron chi connectivity index (χ0n) is 15.4.